The Kier molecular flexibility index (Phi) is 5.12. The summed E-state index contributed by atoms with van der Waals surface area (Å²) >= 11 is 0. The Morgan fingerprint density at radius 1 is 1.25 bits per heavy atom. The molecule has 0 unspecified atom stereocenters. The topological polar surface area (TPSA) is 68.2 Å². The van der Waals surface area contributed by atoms with E-state index in [1.165, 1.54) is 0 Å². The van der Waals surface area contributed by atoms with E-state index >= 15 is 0 Å². The highest BCUT2D eigenvalue weighted by molar-refractivity contribution is 5.13. The monoisotopic (exact) mass is 282 g/mol. The van der Waals surface area contributed by atoms with Gasteiger partial charge in [-0.1, -0.05) is 30.3 Å². The van der Waals surface area contributed by atoms with Crippen LogP contribution < -0.4 is 0 Å². The van der Waals surface area contributed by atoms with Crippen molar-refractivity contribution in [3.8, 4) is 0 Å². The van der Waals surface area contributed by atoms with Crippen LogP contribution in [-0.4, -0.2) is 47.5 Å². The molecule has 0 bridgehead atoms. The molecule has 0 aromatic heterocycles. The summed E-state index contributed by atoms with van der Waals surface area (Å²) in [6.07, 6.45) is -1.94. The van der Waals surface area contributed by atoms with E-state index in [-0.39, 0.29) is 13.2 Å². The van der Waals surface area contributed by atoms with Gasteiger partial charge in [0, 0.05) is 0 Å². The molecule has 1 aromatic carbocycles. The zero-order valence-corrected chi connectivity index (χ0v) is 11.9. The molecule has 5 nitrogen and oxygen atoms in total. The molecule has 0 radical (unpaired) electrons. The van der Waals surface area contributed by atoms with Crippen molar-refractivity contribution in [2.75, 3.05) is 13.2 Å². The van der Waals surface area contributed by atoms with Crippen molar-refractivity contribution < 1.29 is 24.4 Å². The molecule has 2 rings (SSSR count). The Labute approximate surface area is 119 Å². The largest absolute Gasteiger partial charge is 0.394 e. The van der Waals surface area contributed by atoms with E-state index in [1.54, 1.807) is 13.8 Å². The number of aliphatic hydroxyl groups is 2. The van der Waals surface area contributed by atoms with Crippen LogP contribution >= 0.6 is 0 Å². The highest BCUT2D eigenvalue weighted by Gasteiger charge is 2.44. The smallest absolute Gasteiger partial charge is 0.164 e. The minimum Gasteiger partial charge on any atom is -0.394 e. The van der Waals surface area contributed by atoms with Gasteiger partial charge in [-0.25, -0.2) is 0 Å². The molecule has 1 fully saturated rings. The van der Waals surface area contributed by atoms with Crippen molar-refractivity contribution in [1.82, 2.24) is 0 Å². The van der Waals surface area contributed by atoms with Crippen molar-refractivity contribution in [1.29, 1.82) is 0 Å². The first-order valence-electron chi connectivity index (χ1n) is 6.78. The number of hydrogen-bond donors (Lipinski definition) is 2. The molecule has 1 saturated heterocycles. The maximum atomic E-state index is 10.1. The second kappa shape index (κ2) is 6.65. The first-order valence-corrected chi connectivity index (χ1v) is 6.78. The van der Waals surface area contributed by atoms with Crippen LogP contribution in [0.5, 0.6) is 0 Å². The van der Waals surface area contributed by atoms with Crippen molar-refractivity contribution >= 4 is 0 Å². The van der Waals surface area contributed by atoms with Gasteiger partial charge < -0.3 is 24.4 Å². The number of aliphatic hydroxyl groups excluding tert-OH is 2. The third-order valence-electron chi connectivity index (χ3n) is 3.18. The van der Waals surface area contributed by atoms with Gasteiger partial charge in [-0.15, -0.1) is 0 Å². The summed E-state index contributed by atoms with van der Waals surface area (Å²) in [5.41, 5.74) is 1.04. The average Bonchev–Trinajstić information content (AvgIpc) is 2.75. The Hall–Kier alpha value is -0.980. The Balaban J connectivity index is 1.81. The average molecular weight is 282 g/mol. The zero-order chi connectivity index (χ0) is 14.6. The van der Waals surface area contributed by atoms with Crippen molar-refractivity contribution in [3.63, 3.8) is 0 Å². The lowest BCUT2D eigenvalue weighted by atomic mass is 10.1. The molecule has 0 spiro atoms. The molecule has 20 heavy (non-hydrogen) atoms. The van der Waals surface area contributed by atoms with Crippen LogP contribution in [0.2, 0.25) is 0 Å². The van der Waals surface area contributed by atoms with Gasteiger partial charge >= 0.3 is 0 Å². The lowest BCUT2D eigenvalue weighted by molar-refractivity contribution is -0.160. The summed E-state index contributed by atoms with van der Waals surface area (Å²) in [4.78, 5) is 0. The summed E-state index contributed by atoms with van der Waals surface area (Å²) in [5, 5.41) is 19.4. The van der Waals surface area contributed by atoms with Crippen LogP contribution in [0, 0.1) is 0 Å². The van der Waals surface area contributed by atoms with Gasteiger partial charge in [0.05, 0.1) is 19.8 Å². The van der Waals surface area contributed by atoms with E-state index in [0.717, 1.165) is 5.56 Å². The van der Waals surface area contributed by atoms with Gasteiger partial charge in [0.2, 0.25) is 0 Å². The third-order valence-corrected chi connectivity index (χ3v) is 3.18. The van der Waals surface area contributed by atoms with Crippen LogP contribution in [0.25, 0.3) is 0 Å². The van der Waals surface area contributed by atoms with Crippen molar-refractivity contribution in [3.05, 3.63) is 35.9 Å². The Morgan fingerprint density at radius 3 is 2.60 bits per heavy atom. The van der Waals surface area contributed by atoms with Crippen LogP contribution in [0.3, 0.4) is 0 Å². The van der Waals surface area contributed by atoms with Gasteiger partial charge in [0.25, 0.3) is 0 Å². The maximum absolute atomic E-state index is 10.1. The molecule has 0 saturated carbocycles. The molecular weight excluding hydrogens is 260 g/mol. The summed E-state index contributed by atoms with van der Waals surface area (Å²) < 4.78 is 16.6. The van der Waals surface area contributed by atoms with E-state index in [9.17, 15) is 10.2 Å². The Bertz CT molecular complexity index is 406. The molecule has 0 aliphatic carbocycles. The SMILES string of the molecule is CC1(C)O[C@H]([C@H](O)COCc2ccccc2)[C@H](CO)O1. The highest BCUT2D eigenvalue weighted by Crippen LogP contribution is 2.29. The molecule has 3 atom stereocenters. The second-order valence-electron chi connectivity index (χ2n) is 5.39. The first-order chi connectivity index (χ1) is 9.52. The van der Waals surface area contributed by atoms with Crippen molar-refractivity contribution in [2.45, 2.75) is 44.6 Å². The van der Waals surface area contributed by atoms with E-state index in [0.29, 0.717) is 6.61 Å². The molecular formula is C15H22O5. The van der Waals surface area contributed by atoms with Gasteiger partial charge in [-0.3, -0.25) is 0 Å². The lowest BCUT2D eigenvalue weighted by Crippen LogP contribution is -2.40. The van der Waals surface area contributed by atoms with E-state index < -0.39 is 24.1 Å². The lowest BCUT2D eigenvalue weighted by Gasteiger charge is -2.21. The number of benzene rings is 1. The van der Waals surface area contributed by atoms with Gasteiger partial charge in [-0.2, -0.15) is 0 Å². The van der Waals surface area contributed by atoms with Gasteiger partial charge in [-0.05, 0) is 19.4 Å². The standard InChI is InChI=1S/C15H22O5/c1-15(2)19-13(8-16)14(20-15)12(17)10-18-9-11-6-4-3-5-7-11/h3-7,12-14,16-17H,8-10H2,1-2H3/t12-,13+,14-/m1/s1. The molecule has 1 heterocycles. The molecule has 1 aliphatic rings. The molecule has 112 valence electrons. The van der Waals surface area contributed by atoms with Crippen LogP contribution in [0.15, 0.2) is 30.3 Å². The third kappa shape index (κ3) is 4.01. The number of ether oxygens (including phenoxy) is 3. The minimum absolute atomic E-state index is 0.134. The summed E-state index contributed by atoms with van der Waals surface area (Å²) in [7, 11) is 0. The van der Waals surface area contributed by atoms with Gasteiger partial charge in [0.15, 0.2) is 5.79 Å². The van der Waals surface area contributed by atoms with E-state index in [2.05, 4.69) is 0 Å². The highest BCUT2D eigenvalue weighted by atomic mass is 16.8. The van der Waals surface area contributed by atoms with Gasteiger partial charge in [0.1, 0.15) is 18.3 Å². The quantitative estimate of drug-likeness (QED) is 0.817. The summed E-state index contributed by atoms with van der Waals surface area (Å²) in [6.45, 7) is 3.89. The van der Waals surface area contributed by atoms with E-state index in [4.69, 9.17) is 14.2 Å². The predicted molar refractivity (Wildman–Crippen MR) is 73.0 cm³/mol. The van der Waals surface area contributed by atoms with Crippen LogP contribution in [-0.2, 0) is 20.8 Å². The molecule has 2 N–H and O–H groups in total. The Morgan fingerprint density at radius 2 is 1.95 bits per heavy atom. The molecule has 1 aromatic rings. The zero-order valence-electron chi connectivity index (χ0n) is 11.9. The fourth-order valence-electron chi connectivity index (χ4n) is 2.30. The normalized spacial score (nSPS) is 26.6. The molecule has 0 amide bonds. The van der Waals surface area contributed by atoms with Crippen LogP contribution in [0.1, 0.15) is 19.4 Å². The second-order valence-corrected chi connectivity index (χ2v) is 5.39. The fraction of sp³-hybridized carbons (Fsp3) is 0.600. The number of hydrogen-bond acceptors (Lipinski definition) is 5. The minimum atomic E-state index is -0.836. The summed E-state index contributed by atoms with van der Waals surface area (Å²) in [6, 6.07) is 9.74. The maximum Gasteiger partial charge on any atom is 0.164 e. The molecule has 5 heteroatoms. The first kappa shape index (κ1) is 15.4. The van der Waals surface area contributed by atoms with Crippen molar-refractivity contribution in [2.24, 2.45) is 0 Å². The predicted octanol–water partition coefficient (Wildman–Crippen LogP) is 1.08. The van der Waals surface area contributed by atoms with Crippen LogP contribution in [0.4, 0.5) is 0 Å². The molecule has 1 aliphatic heterocycles. The summed E-state index contributed by atoms with van der Waals surface area (Å²) in [5.74, 6) is -0.793. The number of rotatable bonds is 6. The van der Waals surface area contributed by atoms with E-state index in [1.807, 2.05) is 30.3 Å². The fourth-order valence-corrected chi connectivity index (χ4v) is 2.30.